The van der Waals surface area contributed by atoms with Gasteiger partial charge >= 0.3 is 0 Å². The maximum absolute atomic E-state index is 13.0. The van der Waals surface area contributed by atoms with Gasteiger partial charge in [0.25, 0.3) is 0 Å². The maximum Gasteiger partial charge on any atom is 0.159 e. The van der Waals surface area contributed by atoms with Crippen LogP contribution in [0.3, 0.4) is 0 Å². The first kappa shape index (κ1) is 14.6. The maximum atomic E-state index is 13.0. The van der Waals surface area contributed by atoms with Crippen LogP contribution in [0, 0.1) is 19.7 Å². The molecule has 0 saturated heterocycles. The summed E-state index contributed by atoms with van der Waals surface area (Å²) in [6.07, 6.45) is 2.04. The highest BCUT2D eigenvalue weighted by atomic mass is 19.1. The molecular weight excluding hydrogens is 253 g/mol. The molecule has 1 N–H and O–H groups in total. The highest BCUT2D eigenvalue weighted by Gasteiger charge is 2.09. The molecule has 0 aliphatic carbocycles. The number of nitrogens with zero attached hydrogens (tertiary/aromatic N) is 2. The van der Waals surface area contributed by atoms with Gasteiger partial charge in [0.1, 0.15) is 5.82 Å². The number of rotatable bonds is 5. The van der Waals surface area contributed by atoms with E-state index in [2.05, 4.69) is 15.3 Å². The number of nitrogens with one attached hydrogen (secondary N) is 1. The number of hydrogen-bond acceptors (Lipinski definition) is 3. The molecule has 1 aromatic heterocycles. The number of halogens is 1. The number of hydrogen-bond donors (Lipinski definition) is 1. The van der Waals surface area contributed by atoms with Gasteiger partial charge in [-0.1, -0.05) is 0 Å². The third-order valence-corrected chi connectivity index (χ3v) is 3.38. The summed E-state index contributed by atoms with van der Waals surface area (Å²) in [5.41, 5.74) is 4.08. The van der Waals surface area contributed by atoms with Gasteiger partial charge in [0, 0.05) is 17.0 Å². The minimum absolute atomic E-state index is 0.245. The lowest BCUT2D eigenvalue weighted by molar-refractivity contribution is 0.628. The van der Waals surface area contributed by atoms with Gasteiger partial charge in [-0.2, -0.15) is 0 Å². The van der Waals surface area contributed by atoms with Crippen molar-refractivity contribution in [2.24, 2.45) is 0 Å². The van der Waals surface area contributed by atoms with Gasteiger partial charge in [0.15, 0.2) is 5.82 Å². The van der Waals surface area contributed by atoms with Crippen molar-refractivity contribution in [3.05, 3.63) is 47.0 Å². The van der Waals surface area contributed by atoms with Crippen molar-refractivity contribution in [3.8, 4) is 11.4 Å². The summed E-state index contributed by atoms with van der Waals surface area (Å²) in [5.74, 6) is 0.420. The van der Waals surface area contributed by atoms with Crippen LogP contribution in [0.4, 0.5) is 4.39 Å². The van der Waals surface area contributed by atoms with Gasteiger partial charge < -0.3 is 5.32 Å². The Morgan fingerprint density at radius 2 is 1.65 bits per heavy atom. The van der Waals surface area contributed by atoms with Crippen molar-refractivity contribution >= 4 is 0 Å². The molecule has 2 aromatic rings. The van der Waals surface area contributed by atoms with E-state index in [0.29, 0.717) is 5.82 Å². The van der Waals surface area contributed by atoms with Crippen molar-refractivity contribution in [2.75, 3.05) is 13.6 Å². The topological polar surface area (TPSA) is 37.8 Å². The average molecular weight is 273 g/mol. The van der Waals surface area contributed by atoms with Gasteiger partial charge in [-0.15, -0.1) is 0 Å². The normalized spacial score (nSPS) is 10.8. The van der Waals surface area contributed by atoms with Crippen LogP contribution in [0.2, 0.25) is 0 Å². The zero-order valence-electron chi connectivity index (χ0n) is 12.2. The Bertz CT molecular complexity index is 556. The molecule has 0 unspecified atom stereocenters. The lowest BCUT2D eigenvalue weighted by Crippen LogP contribution is -2.10. The first-order valence-corrected chi connectivity index (χ1v) is 6.86. The van der Waals surface area contributed by atoms with Crippen molar-refractivity contribution in [1.29, 1.82) is 0 Å². The first-order chi connectivity index (χ1) is 9.61. The minimum atomic E-state index is -0.245. The van der Waals surface area contributed by atoms with Crippen molar-refractivity contribution in [1.82, 2.24) is 15.3 Å². The van der Waals surface area contributed by atoms with E-state index >= 15 is 0 Å². The Kier molecular flexibility index (Phi) is 4.79. The predicted octanol–water partition coefficient (Wildman–Crippen LogP) is 3.05. The molecule has 106 valence electrons. The van der Waals surface area contributed by atoms with E-state index in [0.717, 1.165) is 36.3 Å². The predicted molar refractivity (Wildman–Crippen MR) is 79.1 cm³/mol. The molecule has 4 heteroatoms. The standard InChI is InChI=1S/C16H20FN3/c1-11-15(5-4-10-18-3)12(2)20-16(19-11)13-6-8-14(17)9-7-13/h6-9,18H,4-5,10H2,1-3H3. The second-order valence-corrected chi connectivity index (χ2v) is 4.91. The SMILES string of the molecule is CNCCCc1c(C)nc(-c2ccc(F)cc2)nc1C. The summed E-state index contributed by atoms with van der Waals surface area (Å²) in [4.78, 5) is 9.12. The second-order valence-electron chi connectivity index (χ2n) is 4.91. The Labute approximate surface area is 119 Å². The van der Waals surface area contributed by atoms with Crippen molar-refractivity contribution in [3.63, 3.8) is 0 Å². The molecule has 0 saturated carbocycles. The monoisotopic (exact) mass is 273 g/mol. The first-order valence-electron chi connectivity index (χ1n) is 6.86. The Morgan fingerprint density at radius 1 is 1.05 bits per heavy atom. The van der Waals surface area contributed by atoms with E-state index in [9.17, 15) is 4.39 Å². The molecule has 0 bridgehead atoms. The van der Waals surface area contributed by atoms with Crippen LogP contribution >= 0.6 is 0 Å². The Balaban J connectivity index is 2.27. The largest absolute Gasteiger partial charge is 0.320 e. The van der Waals surface area contributed by atoms with Gasteiger partial charge in [0.05, 0.1) is 0 Å². The molecule has 0 aliphatic heterocycles. The third kappa shape index (κ3) is 3.39. The van der Waals surface area contributed by atoms with Crippen molar-refractivity contribution in [2.45, 2.75) is 26.7 Å². The Morgan fingerprint density at radius 3 is 2.20 bits per heavy atom. The smallest absolute Gasteiger partial charge is 0.159 e. The van der Waals surface area contributed by atoms with E-state index in [4.69, 9.17) is 0 Å². The van der Waals surface area contributed by atoms with Crippen LogP contribution in [0.25, 0.3) is 11.4 Å². The highest BCUT2D eigenvalue weighted by molar-refractivity contribution is 5.55. The van der Waals surface area contributed by atoms with Crippen LogP contribution in [0.5, 0.6) is 0 Å². The van der Waals surface area contributed by atoms with E-state index in [1.165, 1.54) is 17.7 Å². The molecule has 2 rings (SSSR count). The van der Waals surface area contributed by atoms with Gasteiger partial charge in [-0.25, -0.2) is 14.4 Å². The summed E-state index contributed by atoms with van der Waals surface area (Å²) in [5, 5.41) is 3.14. The minimum Gasteiger partial charge on any atom is -0.320 e. The molecule has 1 heterocycles. The number of aryl methyl sites for hydroxylation is 2. The molecule has 0 radical (unpaired) electrons. The summed E-state index contributed by atoms with van der Waals surface area (Å²) >= 11 is 0. The zero-order chi connectivity index (χ0) is 14.5. The molecule has 20 heavy (non-hydrogen) atoms. The molecular formula is C16H20FN3. The fraction of sp³-hybridized carbons (Fsp3) is 0.375. The molecule has 0 atom stereocenters. The fourth-order valence-corrected chi connectivity index (χ4v) is 2.27. The quantitative estimate of drug-likeness (QED) is 0.851. The molecule has 0 aliphatic rings. The molecule has 0 fully saturated rings. The number of aromatic nitrogens is 2. The number of benzene rings is 1. The van der Waals surface area contributed by atoms with Gasteiger partial charge in [-0.05, 0) is 70.1 Å². The van der Waals surface area contributed by atoms with E-state index in [1.54, 1.807) is 12.1 Å². The third-order valence-electron chi connectivity index (χ3n) is 3.38. The Hall–Kier alpha value is -1.81. The zero-order valence-corrected chi connectivity index (χ0v) is 12.2. The van der Waals surface area contributed by atoms with Crippen LogP contribution in [0.15, 0.2) is 24.3 Å². The summed E-state index contributed by atoms with van der Waals surface area (Å²) in [6.45, 7) is 5.01. The second kappa shape index (κ2) is 6.57. The molecule has 1 aromatic carbocycles. The average Bonchev–Trinajstić information content (AvgIpc) is 2.42. The van der Waals surface area contributed by atoms with Crippen LogP contribution in [0.1, 0.15) is 23.4 Å². The summed E-state index contributed by atoms with van der Waals surface area (Å²) < 4.78 is 13.0. The van der Waals surface area contributed by atoms with Gasteiger partial charge in [0.2, 0.25) is 0 Å². The fourth-order valence-electron chi connectivity index (χ4n) is 2.27. The van der Waals surface area contributed by atoms with E-state index in [-0.39, 0.29) is 5.82 Å². The summed E-state index contributed by atoms with van der Waals surface area (Å²) in [6, 6.07) is 6.29. The molecule has 0 spiro atoms. The highest BCUT2D eigenvalue weighted by Crippen LogP contribution is 2.20. The molecule has 3 nitrogen and oxygen atoms in total. The lowest BCUT2D eigenvalue weighted by atomic mass is 10.1. The van der Waals surface area contributed by atoms with Gasteiger partial charge in [-0.3, -0.25) is 0 Å². The van der Waals surface area contributed by atoms with E-state index in [1.807, 2.05) is 20.9 Å². The van der Waals surface area contributed by atoms with Crippen LogP contribution < -0.4 is 5.32 Å². The summed E-state index contributed by atoms with van der Waals surface area (Å²) in [7, 11) is 1.95. The van der Waals surface area contributed by atoms with E-state index < -0.39 is 0 Å². The lowest BCUT2D eigenvalue weighted by Gasteiger charge is -2.11. The van der Waals surface area contributed by atoms with Crippen LogP contribution in [-0.2, 0) is 6.42 Å². The van der Waals surface area contributed by atoms with Crippen molar-refractivity contribution < 1.29 is 4.39 Å². The molecule has 0 amide bonds. The van der Waals surface area contributed by atoms with Crippen LogP contribution in [-0.4, -0.2) is 23.6 Å².